The van der Waals surface area contributed by atoms with Gasteiger partial charge in [0, 0.05) is 11.5 Å². The van der Waals surface area contributed by atoms with Gasteiger partial charge in [0.1, 0.15) is 0 Å². The van der Waals surface area contributed by atoms with Crippen molar-refractivity contribution >= 4 is 5.78 Å². The molecule has 0 heterocycles. The van der Waals surface area contributed by atoms with Crippen LogP contribution in [0, 0.1) is 11.8 Å². The highest BCUT2D eigenvalue weighted by molar-refractivity contribution is 5.99. The predicted molar refractivity (Wildman–Crippen MR) is 75.9 cm³/mol. The van der Waals surface area contributed by atoms with Gasteiger partial charge < -0.3 is 0 Å². The summed E-state index contributed by atoms with van der Waals surface area (Å²) in [5.41, 5.74) is 2.25. The summed E-state index contributed by atoms with van der Waals surface area (Å²) in [5.74, 6) is 1.33. The van der Waals surface area contributed by atoms with Gasteiger partial charge in [-0.05, 0) is 37.2 Å². The highest BCUT2D eigenvalue weighted by atomic mass is 16.1. The van der Waals surface area contributed by atoms with Gasteiger partial charge in [0.25, 0.3) is 0 Å². The molecule has 2 atom stereocenters. The van der Waals surface area contributed by atoms with Crippen molar-refractivity contribution in [2.24, 2.45) is 11.8 Å². The highest BCUT2D eigenvalue weighted by Crippen LogP contribution is 2.29. The average molecular weight is 244 g/mol. The first-order valence-corrected chi connectivity index (χ1v) is 7.34. The third-order valence-corrected chi connectivity index (χ3v) is 4.12. The van der Waals surface area contributed by atoms with Crippen molar-refractivity contribution in [1.82, 2.24) is 0 Å². The minimum atomic E-state index is 0.259. The van der Waals surface area contributed by atoms with Crippen LogP contribution in [-0.2, 0) is 6.42 Å². The molecule has 1 aromatic carbocycles. The Morgan fingerprint density at radius 1 is 1.33 bits per heavy atom. The second-order valence-corrected chi connectivity index (χ2v) is 5.74. The van der Waals surface area contributed by atoms with Crippen LogP contribution >= 0.6 is 0 Å². The SMILES string of the molecule is CCCC(C)CC1CCCc2ccccc2C1=O. The van der Waals surface area contributed by atoms with Crippen molar-refractivity contribution in [3.63, 3.8) is 0 Å². The monoisotopic (exact) mass is 244 g/mol. The molecule has 98 valence electrons. The molecule has 2 unspecified atom stereocenters. The van der Waals surface area contributed by atoms with E-state index in [4.69, 9.17) is 0 Å². The standard InChI is InChI=1S/C17H24O/c1-3-7-13(2)12-15-10-6-9-14-8-4-5-11-16(14)17(15)18/h4-5,8,11,13,15H,3,6-7,9-10,12H2,1-2H3. The maximum atomic E-state index is 12.6. The van der Waals surface area contributed by atoms with E-state index in [0.29, 0.717) is 11.7 Å². The summed E-state index contributed by atoms with van der Waals surface area (Å²) in [6.07, 6.45) is 6.83. The first-order chi connectivity index (χ1) is 8.72. The fraction of sp³-hybridized carbons (Fsp3) is 0.588. The Hall–Kier alpha value is -1.11. The molecule has 0 aliphatic heterocycles. The number of hydrogen-bond acceptors (Lipinski definition) is 1. The zero-order chi connectivity index (χ0) is 13.0. The molecule has 0 spiro atoms. The topological polar surface area (TPSA) is 17.1 Å². The molecule has 0 fully saturated rings. The molecule has 18 heavy (non-hydrogen) atoms. The molecule has 1 heteroatoms. The lowest BCUT2D eigenvalue weighted by Gasteiger charge is -2.18. The largest absolute Gasteiger partial charge is 0.294 e. The molecule has 0 saturated carbocycles. The molecule has 0 aromatic heterocycles. The molecule has 1 aliphatic carbocycles. The van der Waals surface area contributed by atoms with E-state index in [-0.39, 0.29) is 5.92 Å². The van der Waals surface area contributed by atoms with Crippen LogP contribution < -0.4 is 0 Å². The van der Waals surface area contributed by atoms with Crippen LogP contribution in [0.4, 0.5) is 0 Å². The van der Waals surface area contributed by atoms with E-state index < -0.39 is 0 Å². The van der Waals surface area contributed by atoms with Gasteiger partial charge in [0.15, 0.2) is 5.78 Å². The smallest absolute Gasteiger partial charge is 0.166 e. The van der Waals surface area contributed by atoms with Crippen molar-refractivity contribution < 1.29 is 4.79 Å². The van der Waals surface area contributed by atoms with E-state index in [1.165, 1.54) is 18.4 Å². The Bertz CT molecular complexity index is 408. The van der Waals surface area contributed by atoms with Crippen LogP contribution in [0.1, 0.15) is 61.9 Å². The normalized spacial score (nSPS) is 21.2. The van der Waals surface area contributed by atoms with Crippen molar-refractivity contribution in [3.8, 4) is 0 Å². The Morgan fingerprint density at radius 3 is 2.89 bits per heavy atom. The average Bonchev–Trinajstić information content (AvgIpc) is 2.51. The number of rotatable bonds is 4. The first-order valence-electron chi connectivity index (χ1n) is 7.34. The first kappa shape index (κ1) is 13.3. The second kappa shape index (κ2) is 6.17. The van der Waals surface area contributed by atoms with Crippen LogP contribution in [-0.4, -0.2) is 5.78 Å². The lowest BCUT2D eigenvalue weighted by atomic mass is 9.86. The molecule has 1 aromatic rings. The van der Waals surface area contributed by atoms with Gasteiger partial charge in [-0.25, -0.2) is 0 Å². The van der Waals surface area contributed by atoms with Crippen LogP contribution in [0.3, 0.4) is 0 Å². The maximum Gasteiger partial charge on any atom is 0.166 e. The Morgan fingerprint density at radius 2 is 2.11 bits per heavy atom. The van der Waals surface area contributed by atoms with Crippen molar-refractivity contribution in [3.05, 3.63) is 35.4 Å². The van der Waals surface area contributed by atoms with Crippen LogP contribution in [0.5, 0.6) is 0 Å². The zero-order valence-corrected chi connectivity index (χ0v) is 11.6. The number of aryl methyl sites for hydroxylation is 1. The number of Topliss-reactive ketones (excluding diaryl/α,β-unsaturated/α-hetero) is 1. The predicted octanol–water partition coefficient (Wildman–Crippen LogP) is 4.65. The number of fused-ring (bicyclic) bond motifs is 1. The number of benzene rings is 1. The Balaban J connectivity index is 2.12. The van der Waals surface area contributed by atoms with Gasteiger partial charge in [-0.3, -0.25) is 4.79 Å². The molecule has 1 aliphatic rings. The minimum Gasteiger partial charge on any atom is -0.294 e. The molecule has 0 saturated heterocycles. The van der Waals surface area contributed by atoms with E-state index in [0.717, 1.165) is 31.2 Å². The van der Waals surface area contributed by atoms with E-state index in [1.807, 2.05) is 18.2 Å². The van der Waals surface area contributed by atoms with Gasteiger partial charge >= 0.3 is 0 Å². The molecule has 0 amide bonds. The van der Waals surface area contributed by atoms with E-state index in [2.05, 4.69) is 19.9 Å². The minimum absolute atomic E-state index is 0.259. The summed E-state index contributed by atoms with van der Waals surface area (Å²) in [4.78, 5) is 12.6. The summed E-state index contributed by atoms with van der Waals surface area (Å²) < 4.78 is 0. The number of carbonyl (C=O) groups is 1. The van der Waals surface area contributed by atoms with Crippen molar-refractivity contribution in [2.45, 2.75) is 52.4 Å². The Labute approximate surface area is 111 Å². The quantitative estimate of drug-likeness (QED) is 0.705. The van der Waals surface area contributed by atoms with Gasteiger partial charge in [-0.1, -0.05) is 51.0 Å². The second-order valence-electron chi connectivity index (χ2n) is 5.74. The van der Waals surface area contributed by atoms with Crippen LogP contribution in [0.2, 0.25) is 0 Å². The summed E-state index contributed by atoms with van der Waals surface area (Å²) in [7, 11) is 0. The van der Waals surface area contributed by atoms with Crippen molar-refractivity contribution in [2.75, 3.05) is 0 Å². The summed E-state index contributed by atoms with van der Waals surface area (Å²) in [6.45, 7) is 4.51. The lowest BCUT2D eigenvalue weighted by molar-refractivity contribution is 0.0895. The molecular weight excluding hydrogens is 220 g/mol. The Kier molecular flexibility index (Phi) is 4.57. The third kappa shape index (κ3) is 3.01. The van der Waals surface area contributed by atoms with Gasteiger partial charge in [0.05, 0.1) is 0 Å². The van der Waals surface area contributed by atoms with Gasteiger partial charge in [-0.15, -0.1) is 0 Å². The van der Waals surface area contributed by atoms with E-state index in [1.54, 1.807) is 0 Å². The zero-order valence-electron chi connectivity index (χ0n) is 11.6. The molecule has 0 radical (unpaired) electrons. The summed E-state index contributed by atoms with van der Waals surface area (Å²) >= 11 is 0. The van der Waals surface area contributed by atoms with E-state index in [9.17, 15) is 4.79 Å². The van der Waals surface area contributed by atoms with Crippen molar-refractivity contribution in [1.29, 1.82) is 0 Å². The summed E-state index contributed by atoms with van der Waals surface area (Å²) in [6, 6.07) is 8.17. The van der Waals surface area contributed by atoms with Crippen LogP contribution in [0.25, 0.3) is 0 Å². The number of ketones is 1. The van der Waals surface area contributed by atoms with Crippen LogP contribution in [0.15, 0.2) is 24.3 Å². The van der Waals surface area contributed by atoms with Gasteiger partial charge in [0.2, 0.25) is 0 Å². The fourth-order valence-electron chi connectivity index (χ4n) is 3.19. The lowest BCUT2D eigenvalue weighted by Crippen LogP contribution is -2.17. The maximum absolute atomic E-state index is 12.6. The third-order valence-electron chi connectivity index (χ3n) is 4.12. The molecule has 0 N–H and O–H groups in total. The molecule has 2 rings (SSSR count). The van der Waals surface area contributed by atoms with E-state index >= 15 is 0 Å². The molecule has 1 nitrogen and oxygen atoms in total. The van der Waals surface area contributed by atoms with Gasteiger partial charge in [-0.2, -0.15) is 0 Å². The molecular formula is C17H24O. The number of carbonyl (C=O) groups excluding carboxylic acids is 1. The fourth-order valence-corrected chi connectivity index (χ4v) is 3.19. The molecule has 0 bridgehead atoms. The summed E-state index contributed by atoms with van der Waals surface area (Å²) in [5, 5.41) is 0. The number of hydrogen-bond donors (Lipinski definition) is 0. The highest BCUT2D eigenvalue weighted by Gasteiger charge is 2.26.